The summed E-state index contributed by atoms with van der Waals surface area (Å²) in [7, 11) is 1.61. The van der Waals surface area contributed by atoms with Crippen molar-refractivity contribution in [1.29, 1.82) is 0 Å². The molecule has 1 aromatic carbocycles. The molecule has 1 saturated heterocycles. The van der Waals surface area contributed by atoms with Crippen LogP contribution in [0.1, 0.15) is 0 Å². The van der Waals surface area contributed by atoms with Gasteiger partial charge in [-0.3, -0.25) is 4.98 Å². The predicted molar refractivity (Wildman–Crippen MR) is 109 cm³/mol. The highest BCUT2D eigenvalue weighted by Crippen LogP contribution is 2.30. The molecule has 0 atom stereocenters. The minimum atomic E-state index is 0.479. The van der Waals surface area contributed by atoms with Crippen LogP contribution in [0, 0.1) is 0 Å². The third kappa shape index (κ3) is 3.27. The number of anilines is 1. The summed E-state index contributed by atoms with van der Waals surface area (Å²) in [6.45, 7) is 2.86. The van der Waals surface area contributed by atoms with Crippen LogP contribution in [0.3, 0.4) is 0 Å². The third-order valence-electron chi connectivity index (χ3n) is 4.90. The average Bonchev–Trinajstić information content (AvgIpc) is 3.24. The minimum absolute atomic E-state index is 0.479. The highest BCUT2D eigenvalue weighted by atomic mass is 16.5. The second-order valence-electron chi connectivity index (χ2n) is 6.68. The van der Waals surface area contributed by atoms with Gasteiger partial charge >= 0.3 is 0 Å². The average molecular weight is 388 g/mol. The van der Waals surface area contributed by atoms with Gasteiger partial charge < -0.3 is 14.4 Å². The Balaban J connectivity index is 1.65. The van der Waals surface area contributed by atoms with E-state index in [2.05, 4.69) is 15.0 Å². The van der Waals surface area contributed by atoms with Crippen LogP contribution >= 0.6 is 0 Å². The van der Waals surface area contributed by atoms with Gasteiger partial charge in [-0.05, 0) is 17.7 Å². The van der Waals surface area contributed by atoms with E-state index in [0.717, 1.165) is 41.1 Å². The number of rotatable bonds is 4. The number of hydrogen-bond donors (Lipinski definition) is 0. The van der Waals surface area contributed by atoms with Gasteiger partial charge in [0.2, 0.25) is 5.88 Å². The first-order valence-corrected chi connectivity index (χ1v) is 9.48. The van der Waals surface area contributed by atoms with Crippen LogP contribution in [0.15, 0.2) is 54.9 Å². The van der Waals surface area contributed by atoms with E-state index < -0.39 is 0 Å². The van der Waals surface area contributed by atoms with Crippen LogP contribution in [0.2, 0.25) is 0 Å². The molecule has 146 valence electrons. The van der Waals surface area contributed by atoms with E-state index in [9.17, 15) is 0 Å². The van der Waals surface area contributed by atoms with Crippen LogP contribution in [0.25, 0.3) is 28.1 Å². The van der Waals surface area contributed by atoms with Crippen molar-refractivity contribution < 1.29 is 9.47 Å². The summed E-state index contributed by atoms with van der Waals surface area (Å²) >= 11 is 0. The first-order chi connectivity index (χ1) is 14.3. The highest BCUT2D eigenvalue weighted by Gasteiger charge is 2.20. The molecule has 1 aliphatic rings. The number of nitrogens with zero attached hydrogens (tertiary/aromatic N) is 6. The number of pyridine rings is 1. The summed E-state index contributed by atoms with van der Waals surface area (Å²) in [5, 5.41) is 4.57. The SMILES string of the molecule is COc1nn(-c2nc(N3CCOCC3)c3ncccc3n2)cc1-c1ccccc1. The van der Waals surface area contributed by atoms with Crippen molar-refractivity contribution in [3.05, 3.63) is 54.9 Å². The number of aromatic nitrogens is 5. The molecule has 0 aliphatic carbocycles. The number of morpholine rings is 1. The predicted octanol–water partition coefficient (Wildman–Crippen LogP) is 2.72. The maximum absolute atomic E-state index is 5.51. The van der Waals surface area contributed by atoms with Crippen LogP contribution in [-0.4, -0.2) is 58.1 Å². The largest absolute Gasteiger partial charge is 0.479 e. The first kappa shape index (κ1) is 17.6. The van der Waals surface area contributed by atoms with Crippen molar-refractivity contribution in [1.82, 2.24) is 24.7 Å². The van der Waals surface area contributed by atoms with Gasteiger partial charge in [-0.2, -0.15) is 4.98 Å². The molecule has 4 heterocycles. The van der Waals surface area contributed by atoms with Crippen LogP contribution in [-0.2, 0) is 4.74 Å². The zero-order valence-corrected chi connectivity index (χ0v) is 16.0. The summed E-state index contributed by atoms with van der Waals surface area (Å²) < 4.78 is 12.7. The molecule has 4 aromatic rings. The summed E-state index contributed by atoms with van der Waals surface area (Å²) in [6, 6.07) is 13.8. The number of fused-ring (bicyclic) bond motifs is 1. The molecule has 0 saturated carbocycles. The Morgan fingerprint density at radius 1 is 1.00 bits per heavy atom. The summed E-state index contributed by atoms with van der Waals surface area (Å²) in [4.78, 5) is 16.2. The normalized spacial score (nSPS) is 14.3. The van der Waals surface area contributed by atoms with E-state index in [0.29, 0.717) is 25.0 Å². The Morgan fingerprint density at radius 3 is 2.62 bits per heavy atom. The number of ether oxygens (including phenoxy) is 2. The standard InChI is InChI=1S/C21H20N6O2/c1-28-20-16(15-6-3-2-4-7-15)14-27(25-20)21-23-17-8-5-9-22-18(17)19(24-21)26-10-12-29-13-11-26/h2-9,14H,10-13H2,1H3. The fraction of sp³-hybridized carbons (Fsp3) is 0.238. The van der Waals surface area contributed by atoms with Crippen LogP contribution < -0.4 is 9.64 Å². The van der Waals surface area contributed by atoms with Gasteiger partial charge in [0.15, 0.2) is 5.82 Å². The molecule has 0 N–H and O–H groups in total. The van der Waals surface area contributed by atoms with Crippen molar-refractivity contribution in [2.45, 2.75) is 0 Å². The maximum Gasteiger partial charge on any atom is 0.253 e. The van der Waals surface area contributed by atoms with Gasteiger partial charge in [-0.15, -0.1) is 5.10 Å². The molecule has 8 nitrogen and oxygen atoms in total. The highest BCUT2D eigenvalue weighted by molar-refractivity contribution is 5.86. The van der Waals surface area contributed by atoms with E-state index in [-0.39, 0.29) is 0 Å². The lowest BCUT2D eigenvalue weighted by molar-refractivity contribution is 0.122. The Kier molecular flexibility index (Phi) is 4.53. The Labute approximate surface area is 167 Å². The zero-order chi connectivity index (χ0) is 19.6. The van der Waals surface area contributed by atoms with Crippen molar-refractivity contribution >= 4 is 16.9 Å². The quantitative estimate of drug-likeness (QED) is 0.532. The monoisotopic (exact) mass is 388 g/mol. The van der Waals surface area contributed by atoms with E-state index in [1.165, 1.54) is 0 Å². The molecular weight excluding hydrogens is 368 g/mol. The molecule has 29 heavy (non-hydrogen) atoms. The minimum Gasteiger partial charge on any atom is -0.479 e. The van der Waals surface area contributed by atoms with E-state index in [4.69, 9.17) is 19.4 Å². The number of benzene rings is 1. The molecule has 5 rings (SSSR count). The van der Waals surface area contributed by atoms with E-state index >= 15 is 0 Å². The molecule has 8 heteroatoms. The Bertz CT molecular complexity index is 1140. The van der Waals surface area contributed by atoms with Gasteiger partial charge in [0, 0.05) is 25.5 Å². The van der Waals surface area contributed by atoms with Crippen LogP contribution in [0.4, 0.5) is 5.82 Å². The zero-order valence-electron chi connectivity index (χ0n) is 16.0. The van der Waals surface area contributed by atoms with Gasteiger partial charge in [0.25, 0.3) is 5.95 Å². The molecule has 1 fully saturated rings. The van der Waals surface area contributed by atoms with Gasteiger partial charge in [-0.1, -0.05) is 30.3 Å². The number of hydrogen-bond acceptors (Lipinski definition) is 7. The molecule has 1 aliphatic heterocycles. The Hall–Kier alpha value is -3.52. The second kappa shape index (κ2) is 7.48. The lowest BCUT2D eigenvalue weighted by atomic mass is 10.1. The molecule has 3 aromatic heterocycles. The van der Waals surface area contributed by atoms with Gasteiger partial charge in [0.05, 0.1) is 31.4 Å². The molecular formula is C21H20N6O2. The molecule has 0 amide bonds. The lowest BCUT2D eigenvalue weighted by Crippen LogP contribution is -2.37. The topological polar surface area (TPSA) is 78.2 Å². The smallest absolute Gasteiger partial charge is 0.253 e. The lowest BCUT2D eigenvalue weighted by Gasteiger charge is -2.28. The van der Waals surface area contributed by atoms with E-state index in [1.54, 1.807) is 18.0 Å². The van der Waals surface area contributed by atoms with Crippen molar-refractivity contribution in [3.63, 3.8) is 0 Å². The maximum atomic E-state index is 5.51. The van der Waals surface area contributed by atoms with Crippen LogP contribution in [0.5, 0.6) is 5.88 Å². The molecule has 0 spiro atoms. The summed E-state index contributed by atoms with van der Waals surface area (Å²) in [5.74, 6) is 1.80. The fourth-order valence-electron chi connectivity index (χ4n) is 3.46. The summed E-state index contributed by atoms with van der Waals surface area (Å²) in [5.41, 5.74) is 3.46. The second-order valence-corrected chi connectivity index (χ2v) is 6.68. The molecule has 0 radical (unpaired) electrons. The fourth-order valence-corrected chi connectivity index (χ4v) is 3.46. The van der Waals surface area contributed by atoms with E-state index in [1.807, 2.05) is 48.7 Å². The molecule has 0 bridgehead atoms. The van der Waals surface area contributed by atoms with Gasteiger partial charge in [-0.25, -0.2) is 9.67 Å². The number of methoxy groups -OCH3 is 1. The summed E-state index contributed by atoms with van der Waals surface area (Å²) in [6.07, 6.45) is 3.66. The van der Waals surface area contributed by atoms with Crippen molar-refractivity contribution in [3.8, 4) is 23.0 Å². The van der Waals surface area contributed by atoms with Crippen molar-refractivity contribution in [2.24, 2.45) is 0 Å². The van der Waals surface area contributed by atoms with Crippen molar-refractivity contribution in [2.75, 3.05) is 38.3 Å². The van der Waals surface area contributed by atoms with Gasteiger partial charge in [0.1, 0.15) is 5.52 Å². The molecule has 0 unspecified atom stereocenters. The first-order valence-electron chi connectivity index (χ1n) is 9.48. The Morgan fingerprint density at radius 2 is 1.83 bits per heavy atom. The third-order valence-corrected chi connectivity index (χ3v) is 4.90.